The van der Waals surface area contributed by atoms with E-state index in [2.05, 4.69) is 6.92 Å². The molecule has 0 fully saturated rings. The minimum absolute atomic E-state index is 0.117. The van der Waals surface area contributed by atoms with Crippen LogP contribution in [-0.2, 0) is 14.3 Å². The number of unbranched alkanes of at least 4 members (excludes halogenated alkanes) is 10. The number of Topliss-reactive ketones (excluding diaryl/α,β-unsaturated/α-hetero) is 1. The van der Waals surface area contributed by atoms with Gasteiger partial charge in [-0.05, 0) is 26.2 Å². The second-order valence-electron chi connectivity index (χ2n) is 6.48. The van der Waals surface area contributed by atoms with E-state index < -0.39 is 0 Å². The monoisotopic (exact) mass is 326 g/mol. The molecule has 0 aromatic rings. The number of rotatable bonds is 17. The number of carbonyl (C=O) groups is 2. The molecule has 3 nitrogen and oxygen atoms in total. The van der Waals surface area contributed by atoms with Gasteiger partial charge in [0.15, 0.2) is 0 Å². The van der Waals surface area contributed by atoms with E-state index in [1.165, 1.54) is 51.4 Å². The summed E-state index contributed by atoms with van der Waals surface area (Å²) in [5.41, 5.74) is 0. The van der Waals surface area contributed by atoms with E-state index >= 15 is 0 Å². The van der Waals surface area contributed by atoms with Gasteiger partial charge in [0.1, 0.15) is 5.78 Å². The number of hydrogen-bond acceptors (Lipinski definition) is 3. The third-order valence-electron chi connectivity index (χ3n) is 4.20. The number of hydrogen-bond donors (Lipinski definition) is 0. The number of esters is 1. The molecule has 0 aliphatic heterocycles. The van der Waals surface area contributed by atoms with E-state index in [9.17, 15) is 9.59 Å². The van der Waals surface area contributed by atoms with Gasteiger partial charge >= 0.3 is 5.97 Å². The van der Waals surface area contributed by atoms with Gasteiger partial charge in [0.05, 0.1) is 6.61 Å². The first-order valence-corrected chi connectivity index (χ1v) is 9.88. The maximum atomic E-state index is 11.8. The molecule has 0 saturated carbocycles. The lowest BCUT2D eigenvalue weighted by Crippen LogP contribution is -2.03. The fraction of sp³-hybridized carbons (Fsp3) is 0.900. The Morgan fingerprint density at radius 1 is 0.609 bits per heavy atom. The summed E-state index contributed by atoms with van der Waals surface area (Å²) >= 11 is 0. The molecule has 0 aromatic carbocycles. The highest BCUT2D eigenvalue weighted by molar-refractivity contribution is 5.78. The molecule has 0 rings (SSSR count). The van der Waals surface area contributed by atoms with Crippen molar-refractivity contribution in [2.24, 2.45) is 0 Å². The van der Waals surface area contributed by atoms with E-state index in [0.29, 0.717) is 25.2 Å². The van der Waals surface area contributed by atoms with Crippen LogP contribution in [0.1, 0.15) is 110 Å². The summed E-state index contributed by atoms with van der Waals surface area (Å²) in [5, 5.41) is 0. The van der Waals surface area contributed by atoms with E-state index in [0.717, 1.165) is 32.1 Å². The van der Waals surface area contributed by atoms with Crippen molar-refractivity contribution >= 4 is 11.8 Å². The lowest BCUT2D eigenvalue weighted by atomic mass is 10.0. The molecule has 23 heavy (non-hydrogen) atoms. The number of carbonyl (C=O) groups excluding carboxylic acids is 2. The smallest absolute Gasteiger partial charge is 0.305 e. The molecule has 0 radical (unpaired) electrons. The van der Waals surface area contributed by atoms with E-state index in [4.69, 9.17) is 4.74 Å². The zero-order valence-corrected chi connectivity index (χ0v) is 15.5. The molecule has 0 aliphatic carbocycles. The van der Waals surface area contributed by atoms with Crippen LogP contribution in [0.3, 0.4) is 0 Å². The lowest BCUT2D eigenvalue weighted by molar-refractivity contribution is -0.143. The van der Waals surface area contributed by atoms with Gasteiger partial charge in [-0.2, -0.15) is 0 Å². The van der Waals surface area contributed by atoms with Crippen molar-refractivity contribution < 1.29 is 14.3 Å². The predicted molar refractivity (Wildman–Crippen MR) is 96.6 cm³/mol. The summed E-state index contributed by atoms with van der Waals surface area (Å²) in [6.07, 6.45) is 16.2. The molecule has 0 heterocycles. The molecule has 0 bridgehead atoms. The molecule has 136 valence electrons. The SMILES string of the molecule is CCCCCCCCCCCC(=O)CCCCCC(=O)OCC. The molecule has 0 atom stereocenters. The van der Waals surface area contributed by atoms with E-state index in [1.54, 1.807) is 0 Å². The minimum Gasteiger partial charge on any atom is -0.466 e. The topological polar surface area (TPSA) is 43.4 Å². The summed E-state index contributed by atoms with van der Waals surface area (Å²) in [7, 11) is 0. The molecule has 0 saturated heterocycles. The Morgan fingerprint density at radius 3 is 1.57 bits per heavy atom. The molecular weight excluding hydrogens is 288 g/mol. The van der Waals surface area contributed by atoms with Crippen molar-refractivity contribution in [1.82, 2.24) is 0 Å². The Hall–Kier alpha value is -0.860. The predicted octanol–water partition coefficient (Wildman–Crippen LogP) is 5.99. The Labute approximate surface area is 143 Å². The van der Waals surface area contributed by atoms with Gasteiger partial charge in [-0.3, -0.25) is 9.59 Å². The molecule has 0 amide bonds. The van der Waals surface area contributed by atoms with Crippen LogP contribution in [0.4, 0.5) is 0 Å². The second kappa shape index (κ2) is 17.5. The van der Waals surface area contributed by atoms with Crippen LogP contribution < -0.4 is 0 Å². The largest absolute Gasteiger partial charge is 0.466 e. The summed E-state index contributed by atoms with van der Waals surface area (Å²) in [5.74, 6) is 0.276. The summed E-state index contributed by atoms with van der Waals surface area (Å²) in [6.45, 7) is 4.52. The van der Waals surface area contributed by atoms with Crippen molar-refractivity contribution in [3.05, 3.63) is 0 Å². The molecule has 0 aliphatic rings. The van der Waals surface area contributed by atoms with Crippen LogP contribution in [0.15, 0.2) is 0 Å². The van der Waals surface area contributed by atoms with Crippen LogP contribution in [0, 0.1) is 0 Å². The van der Waals surface area contributed by atoms with Gasteiger partial charge < -0.3 is 4.74 Å². The molecule has 0 N–H and O–H groups in total. The summed E-state index contributed by atoms with van der Waals surface area (Å²) in [4.78, 5) is 22.9. The van der Waals surface area contributed by atoms with E-state index in [1.807, 2.05) is 6.92 Å². The van der Waals surface area contributed by atoms with Crippen LogP contribution in [0.5, 0.6) is 0 Å². The highest BCUT2D eigenvalue weighted by Crippen LogP contribution is 2.12. The minimum atomic E-state index is -0.117. The standard InChI is InChI=1S/C20H38O3/c1-3-5-6-7-8-9-10-11-13-16-19(21)17-14-12-15-18-20(22)23-4-2/h3-18H2,1-2H3. The summed E-state index contributed by atoms with van der Waals surface area (Å²) in [6, 6.07) is 0. The Morgan fingerprint density at radius 2 is 1.04 bits per heavy atom. The zero-order chi connectivity index (χ0) is 17.2. The van der Waals surface area contributed by atoms with Crippen molar-refractivity contribution in [3.8, 4) is 0 Å². The molecule has 3 heteroatoms. The first kappa shape index (κ1) is 22.1. The molecule has 0 unspecified atom stereocenters. The quantitative estimate of drug-likeness (QED) is 0.243. The average Bonchev–Trinajstić information content (AvgIpc) is 2.53. The number of ether oxygens (including phenoxy) is 1. The molecule has 0 aromatic heterocycles. The van der Waals surface area contributed by atoms with Gasteiger partial charge in [0.2, 0.25) is 0 Å². The Balaban J connectivity index is 3.23. The van der Waals surface area contributed by atoms with Gasteiger partial charge in [-0.15, -0.1) is 0 Å². The zero-order valence-electron chi connectivity index (χ0n) is 15.5. The van der Waals surface area contributed by atoms with Gasteiger partial charge in [0, 0.05) is 19.3 Å². The maximum absolute atomic E-state index is 11.8. The highest BCUT2D eigenvalue weighted by Gasteiger charge is 2.04. The highest BCUT2D eigenvalue weighted by atomic mass is 16.5. The second-order valence-corrected chi connectivity index (χ2v) is 6.48. The normalized spacial score (nSPS) is 10.7. The third-order valence-corrected chi connectivity index (χ3v) is 4.20. The average molecular weight is 327 g/mol. The van der Waals surface area contributed by atoms with Crippen molar-refractivity contribution in [3.63, 3.8) is 0 Å². The Kier molecular flexibility index (Phi) is 16.8. The van der Waals surface area contributed by atoms with Gasteiger partial charge in [-0.25, -0.2) is 0 Å². The third kappa shape index (κ3) is 17.3. The van der Waals surface area contributed by atoms with Crippen LogP contribution in [0.25, 0.3) is 0 Å². The first-order valence-electron chi connectivity index (χ1n) is 9.88. The lowest BCUT2D eigenvalue weighted by Gasteiger charge is -2.03. The van der Waals surface area contributed by atoms with Crippen molar-refractivity contribution in [2.45, 2.75) is 110 Å². The van der Waals surface area contributed by atoms with Crippen molar-refractivity contribution in [2.75, 3.05) is 6.61 Å². The maximum Gasteiger partial charge on any atom is 0.305 e. The molecule has 0 spiro atoms. The van der Waals surface area contributed by atoms with Crippen LogP contribution >= 0.6 is 0 Å². The van der Waals surface area contributed by atoms with Crippen LogP contribution in [-0.4, -0.2) is 18.4 Å². The molecular formula is C20H38O3. The fourth-order valence-corrected chi connectivity index (χ4v) is 2.76. The first-order chi connectivity index (χ1) is 11.2. The fourth-order valence-electron chi connectivity index (χ4n) is 2.76. The van der Waals surface area contributed by atoms with Crippen molar-refractivity contribution in [1.29, 1.82) is 0 Å². The number of ketones is 1. The van der Waals surface area contributed by atoms with E-state index in [-0.39, 0.29) is 5.97 Å². The summed E-state index contributed by atoms with van der Waals surface area (Å²) < 4.78 is 4.88. The van der Waals surface area contributed by atoms with Crippen LogP contribution in [0.2, 0.25) is 0 Å². The van der Waals surface area contributed by atoms with Gasteiger partial charge in [-0.1, -0.05) is 64.7 Å². The Bertz CT molecular complexity index is 287. The van der Waals surface area contributed by atoms with Gasteiger partial charge in [0.25, 0.3) is 0 Å².